The average molecular weight is 368 g/mol. The number of hydrogen-bond donors (Lipinski definition) is 2. The SMILES string of the molecule is CCc1nc(CCNC(=O)C[C@@H]2CCC[C@H]2N)sc1C.Cl.Cl. The van der Waals surface area contributed by atoms with Gasteiger partial charge in [-0.05, 0) is 32.1 Å². The molecule has 0 aliphatic heterocycles. The minimum atomic E-state index is 0. The summed E-state index contributed by atoms with van der Waals surface area (Å²) in [6.45, 7) is 4.91. The number of thiazole rings is 1. The molecular weight excluding hydrogens is 341 g/mol. The van der Waals surface area contributed by atoms with Crippen LogP contribution in [0.1, 0.15) is 48.2 Å². The van der Waals surface area contributed by atoms with Gasteiger partial charge in [0.05, 0.1) is 10.7 Å². The zero-order chi connectivity index (χ0) is 14.5. The van der Waals surface area contributed by atoms with Crippen molar-refractivity contribution in [3.05, 3.63) is 15.6 Å². The number of carbonyl (C=O) groups is 1. The van der Waals surface area contributed by atoms with E-state index in [9.17, 15) is 4.79 Å². The molecule has 0 spiro atoms. The van der Waals surface area contributed by atoms with Gasteiger partial charge in [0.1, 0.15) is 0 Å². The van der Waals surface area contributed by atoms with E-state index in [4.69, 9.17) is 5.73 Å². The van der Waals surface area contributed by atoms with Gasteiger partial charge in [-0.3, -0.25) is 4.79 Å². The predicted octanol–water partition coefficient (Wildman–Crippen LogP) is 3.03. The molecule has 2 atom stereocenters. The van der Waals surface area contributed by atoms with Gasteiger partial charge < -0.3 is 11.1 Å². The monoisotopic (exact) mass is 367 g/mol. The molecule has 1 amide bonds. The highest BCUT2D eigenvalue weighted by atomic mass is 35.5. The van der Waals surface area contributed by atoms with E-state index in [1.807, 2.05) is 0 Å². The average Bonchev–Trinajstić information content (AvgIpc) is 2.96. The second kappa shape index (κ2) is 10.4. The van der Waals surface area contributed by atoms with Crippen LogP contribution in [0.3, 0.4) is 0 Å². The first kappa shape index (κ1) is 21.6. The number of nitrogens with one attached hydrogen (secondary N) is 1. The van der Waals surface area contributed by atoms with Crippen LogP contribution in [0, 0.1) is 12.8 Å². The lowest BCUT2D eigenvalue weighted by Gasteiger charge is -2.14. The van der Waals surface area contributed by atoms with Crippen LogP contribution in [0.25, 0.3) is 0 Å². The predicted molar refractivity (Wildman–Crippen MR) is 97.4 cm³/mol. The van der Waals surface area contributed by atoms with Crippen molar-refractivity contribution in [3.8, 4) is 0 Å². The van der Waals surface area contributed by atoms with Crippen LogP contribution in [-0.2, 0) is 17.6 Å². The van der Waals surface area contributed by atoms with Gasteiger partial charge >= 0.3 is 0 Å². The van der Waals surface area contributed by atoms with Crippen LogP contribution in [-0.4, -0.2) is 23.5 Å². The van der Waals surface area contributed by atoms with Gasteiger partial charge in [0.25, 0.3) is 0 Å². The molecule has 4 nitrogen and oxygen atoms in total. The number of aromatic nitrogens is 1. The molecule has 0 bridgehead atoms. The maximum atomic E-state index is 11.9. The van der Waals surface area contributed by atoms with E-state index in [1.165, 1.54) is 10.6 Å². The summed E-state index contributed by atoms with van der Waals surface area (Å²) in [6.07, 6.45) is 5.72. The standard InChI is InChI=1S/C15H25N3OS.2ClH/c1-3-13-10(2)20-15(18-13)7-8-17-14(19)9-11-5-4-6-12(11)16;;/h11-12H,3-9,16H2,1-2H3,(H,17,19);2*1H/t11-,12+;;/m0../s1. The van der Waals surface area contributed by atoms with Gasteiger partial charge in [-0.25, -0.2) is 4.98 Å². The van der Waals surface area contributed by atoms with E-state index in [0.717, 1.165) is 37.1 Å². The van der Waals surface area contributed by atoms with E-state index in [1.54, 1.807) is 11.3 Å². The van der Waals surface area contributed by atoms with Crippen molar-refractivity contribution in [1.29, 1.82) is 0 Å². The third kappa shape index (κ3) is 6.03. The van der Waals surface area contributed by atoms with Gasteiger partial charge in [-0.2, -0.15) is 0 Å². The van der Waals surface area contributed by atoms with Crippen LogP contribution in [0.2, 0.25) is 0 Å². The van der Waals surface area contributed by atoms with Crippen LogP contribution >= 0.6 is 36.2 Å². The molecule has 3 N–H and O–H groups in total. The Kier molecular flexibility index (Phi) is 10.3. The van der Waals surface area contributed by atoms with E-state index in [2.05, 4.69) is 24.1 Å². The highest BCUT2D eigenvalue weighted by Gasteiger charge is 2.25. The Morgan fingerprint density at radius 2 is 2.14 bits per heavy atom. The van der Waals surface area contributed by atoms with Crippen LogP contribution in [0.4, 0.5) is 0 Å². The summed E-state index contributed by atoms with van der Waals surface area (Å²) in [4.78, 5) is 17.8. The van der Waals surface area contributed by atoms with Crippen LogP contribution < -0.4 is 11.1 Å². The number of aryl methyl sites for hydroxylation is 2. The minimum Gasteiger partial charge on any atom is -0.356 e. The van der Waals surface area contributed by atoms with Crippen molar-refractivity contribution >= 4 is 42.1 Å². The van der Waals surface area contributed by atoms with Gasteiger partial charge in [0, 0.05) is 30.3 Å². The summed E-state index contributed by atoms with van der Waals surface area (Å²) in [5, 5.41) is 4.12. The Labute approximate surface area is 149 Å². The number of carbonyl (C=O) groups excluding carboxylic acids is 1. The first-order valence-electron chi connectivity index (χ1n) is 7.57. The molecule has 0 radical (unpaired) electrons. The van der Waals surface area contributed by atoms with E-state index in [0.29, 0.717) is 18.9 Å². The van der Waals surface area contributed by atoms with Crippen molar-refractivity contribution in [2.75, 3.05) is 6.54 Å². The Morgan fingerprint density at radius 3 is 2.68 bits per heavy atom. The summed E-state index contributed by atoms with van der Waals surface area (Å²) in [5.41, 5.74) is 7.18. The zero-order valence-corrected chi connectivity index (χ0v) is 15.7. The van der Waals surface area contributed by atoms with E-state index in [-0.39, 0.29) is 36.8 Å². The molecule has 1 fully saturated rings. The van der Waals surface area contributed by atoms with Crippen molar-refractivity contribution in [1.82, 2.24) is 10.3 Å². The van der Waals surface area contributed by atoms with Crippen molar-refractivity contribution in [2.45, 2.75) is 58.4 Å². The lowest BCUT2D eigenvalue weighted by atomic mass is 10.00. The van der Waals surface area contributed by atoms with E-state index < -0.39 is 0 Å². The number of hydrogen-bond acceptors (Lipinski definition) is 4. The molecule has 22 heavy (non-hydrogen) atoms. The lowest BCUT2D eigenvalue weighted by Crippen LogP contribution is -2.32. The Bertz CT molecular complexity index is 468. The maximum absolute atomic E-state index is 11.9. The first-order valence-corrected chi connectivity index (χ1v) is 8.39. The zero-order valence-electron chi connectivity index (χ0n) is 13.3. The molecule has 1 aliphatic rings. The number of rotatable bonds is 6. The van der Waals surface area contributed by atoms with Crippen LogP contribution in [0.15, 0.2) is 0 Å². The quantitative estimate of drug-likeness (QED) is 0.811. The molecule has 0 saturated heterocycles. The summed E-state index contributed by atoms with van der Waals surface area (Å²) in [7, 11) is 0. The lowest BCUT2D eigenvalue weighted by molar-refractivity contribution is -0.122. The van der Waals surface area contributed by atoms with Gasteiger partial charge in [0.15, 0.2) is 0 Å². The Morgan fingerprint density at radius 1 is 1.41 bits per heavy atom. The second-order valence-corrected chi connectivity index (χ2v) is 6.91. The van der Waals surface area contributed by atoms with Crippen molar-refractivity contribution < 1.29 is 4.79 Å². The number of amides is 1. The number of nitrogens with two attached hydrogens (primary N) is 1. The van der Waals surface area contributed by atoms with Crippen molar-refractivity contribution in [2.24, 2.45) is 11.7 Å². The molecule has 1 aromatic heterocycles. The topological polar surface area (TPSA) is 68.0 Å². The molecule has 1 heterocycles. The van der Waals surface area contributed by atoms with Crippen molar-refractivity contribution in [3.63, 3.8) is 0 Å². The highest BCUT2D eigenvalue weighted by Crippen LogP contribution is 2.26. The third-order valence-corrected chi connectivity index (χ3v) is 5.17. The molecule has 0 aromatic carbocycles. The summed E-state index contributed by atoms with van der Waals surface area (Å²) in [5.74, 6) is 0.514. The molecular formula is C15H27Cl2N3OS. The van der Waals surface area contributed by atoms with Gasteiger partial charge in [0.2, 0.25) is 5.91 Å². The third-order valence-electron chi connectivity index (χ3n) is 4.10. The fourth-order valence-corrected chi connectivity index (χ4v) is 3.88. The fraction of sp³-hybridized carbons (Fsp3) is 0.733. The normalized spacial score (nSPS) is 20.1. The van der Waals surface area contributed by atoms with Gasteiger partial charge in [-0.1, -0.05) is 13.3 Å². The first-order chi connectivity index (χ1) is 9.60. The highest BCUT2D eigenvalue weighted by molar-refractivity contribution is 7.11. The molecule has 1 aliphatic carbocycles. The molecule has 128 valence electrons. The number of halogens is 2. The summed E-state index contributed by atoms with van der Waals surface area (Å²) < 4.78 is 0. The molecule has 1 saturated carbocycles. The van der Waals surface area contributed by atoms with Crippen LogP contribution in [0.5, 0.6) is 0 Å². The Balaban J connectivity index is 0.00000220. The smallest absolute Gasteiger partial charge is 0.220 e. The summed E-state index contributed by atoms with van der Waals surface area (Å²) in [6, 6.07) is 0.217. The minimum absolute atomic E-state index is 0. The van der Waals surface area contributed by atoms with Gasteiger partial charge in [-0.15, -0.1) is 36.2 Å². The largest absolute Gasteiger partial charge is 0.356 e. The maximum Gasteiger partial charge on any atom is 0.220 e. The number of nitrogens with zero attached hydrogens (tertiary/aromatic N) is 1. The molecule has 7 heteroatoms. The molecule has 1 aromatic rings. The molecule has 0 unspecified atom stereocenters. The molecule has 2 rings (SSSR count). The Hall–Kier alpha value is -0.360. The second-order valence-electron chi connectivity index (χ2n) is 5.62. The van der Waals surface area contributed by atoms with E-state index >= 15 is 0 Å². The fourth-order valence-electron chi connectivity index (χ4n) is 2.86. The summed E-state index contributed by atoms with van der Waals surface area (Å²) >= 11 is 1.74.